The van der Waals surface area contributed by atoms with E-state index in [9.17, 15) is 21.6 Å². The Morgan fingerprint density at radius 2 is 1.43 bits per heavy atom. The van der Waals surface area contributed by atoms with Gasteiger partial charge in [0.1, 0.15) is 5.75 Å². The number of fused-ring (bicyclic) bond motifs is 2. The molecule has 5 aromatic rings. The second kappa shape index (κ2) is 21.6. The zero-order chi connectivity index (χ0) is 42.5. The van der Waals surface area contributed by atoms with Gasteiger partial charge in [-0.05, 0) is 122 Å². The highest BCUT2D eigenvalue weighted by molar-refractivity contribution is 7.86. The molecule has 7 rings (SSSR count). The first-order valence-electron chi connectivity index (χ1n) is 19.0. The Morgan fingerprint density at radius 3 is 1.95 bits per heavy atom. The molecule has 0 unspecified atom stereocenters. The predicted molar refractivity (Wildman–Crippen MR) is 232 cm³/mol. The SMILES string of the molecule is CCCCN1CC=C(c2csc3cccc(OCC)c23)CC1.CCc1cccc2scc(C3=CCNCC3)c12.Cc1ccc(S(=O)(=O)O)cc1.O=S(=O)(O)C(F)(F)F. The van der Waals surface area contributed by atoms with E-state index in [1.807, 2.05) is 29.6 Å². The van der Waals surface area contributed by atoms with Crippen LogP contribution in [0, 0.1) is 6.92 Å². The lowest BCUT2D eigenvalue weighted by molar-refractivity contribution is -0.0510. The van der Waals surface area contributed by atoms with Gasteiger partial charge < -0.3 is 10.1 Å². The van der Waals surface area contributed by atoms with E-state index in [0.29, 0.717) is 0 Å². The van der Waals surface area contributed by atoms with Crippen molar-refractivity contribution in [2.24, 2.45) is 0 Å². The Morgan fingerprint density at radius 1 is 0.828 bits per heavy atom. The molecule has 0 atom stereocenters. The lowest BCUT2D eigenvalue weighted by atomic mass is 9.96. The van der Waals surface area contributed by atoms with Crippen LogP contribution in [-0.2, 0) is 26.7 Å². The third-order valence-electron chi connectivity index (χ3n) is 9.42. The summed E-state index contributed by atoms with van der Waals surface area (Å²) in [4.78, 5) is 2.49. The average molecular weight is 881 g/mol. The van der Waals surface area contributed by atoms with Gasteiger partial charge in [-0.25, -0.2) is 0 Å². The molecule has 0 saturated carbocycles. The monoisotopic (exact) mass is 880 g/mol. The lowest BCUT2D eigenvalue weighted by Crippen LogP contribution is -2.29. The van der Waals surface area contributed by atoms with Gasteiger partial charge in [0, 0.05) is 39.8 Å². The standard InChI is InChI=1S/C19H25NOS.C15H17NS.C7H8O3S.CHF3O3S/c1-3-5-11-20-12-9-15(10-13-20)16-14-22-18-8-6-7-17(19(16)18)21-4-2;1-2-11-4-3-5-14-15(11)13(10-17-14)12-6-8-16-9-7-12;1-6-2-4-7(5-3-6)11(8,9)10;2-1(3,4)8(5,6)7/h6-9,14H,3-5,10-13H2,1-2H3;3-6,10,16H,2,7-9H2,1H3;2-5H,1H3,(H,8,9,10);(H,5,6,7). The first-order valence-corrected chi connectivity index (χ1v) is 23.6. The molecule has 0 aliphatic carbocycles. The average Bonchev–Trinajstić information content (AvgIpc) is 3.83. The molecular weight excluding hydrogens is 830 g/mol. The van der Waals surface area contributed by atoms with Crippen molar-refractivity contribution in [1.29, 1.82) is 0 Å². The van der Waals surface area contributed by atoms with Crippen molar-refractivity contribution in [3.63, 3.8) is 0 Å². The number of rotatable bonds is 9. The Labute approximate surface area is 347 Å². The molecule has 2 aromatic heterocycles. The molecule has 9 nitrogen and oxygen atoms in total. The second-order valence-electron chi connectivity index (χ2n) is 13.5. The van der Waals surface area contributed by atoms with Crippen LogP contribution in [0.3, 0.4) is 0 Å². The molecule has 0 fully saturated rings. The largest absolute Gasteiger partial charge is 0.522 e. The number of nitrogens with zero attached hydrogens (tertiary/aromatic N) is 1. The molecule has 3 N–H and O–H groups in total. The second-order valence-corrected chi connectivity index (χ2v) is 18.2. The number of halogens is 3. The number of thiophene rings is 2. The maximum absolute atomic E-state index is 10.7. The fourth-order valence-corrected chi connectivity index (χ4v) is 8.89. The smallest absolute Gasteiger partial charge is 0.493 e. The molecule has 58 heavy (non-hydrogen) atoms. The molecule has 0 bridgehead atoms. The summed E-state index contributed by atoms with van der Waals surface area (Å²) in [6.45, 7) is 14.7. The molecule has 2 aliphatic rings. The van der Waals surface area contributed by atoms with Crippen LogP contribution in [0.5, 0.6) is 5.75 Å². The zero-order valence-corrected chi connectivity index (χ0v) is 36.3. The summed E-state index contributed by atoms with van der Waals surface area (Å²) in [5.74, 6) is 1.03. The van der Waals surface area contributed by atoms with Crippen molar-refractivity contribution < 1.29 is 43.8 Å². The van der Waals surface area contributed by atoms with Crippen LogP contribution in [0.2, 0.25) is 0 Å². The predicted octanol–water partition coefficient (Wildman–Crippen LogP) is 10.7. The normalized spacial score (nSPS) is 14.9. The van der Waals surface area contributed by atoms with Crippen molar-refractivity contribution in [2.75, 3.05) is 39.3 Å². The number of aryl methyl sites for hydroxylation is 2. The van der Waals surface area contributed by atoms with E-state index in [-0.39, 0.29) is 4.90 Å². The van der Waals surface area contributed by atoms with Crippen molar-refractivity contribution >= 4 is 74.2 Å². The number of ether oxygens (including phenoxy) is 1. The summed E-state index contributed by atoms with van der Waals surface area (Å²) in [7, 11) is -9.86. The van der Waals surface area contributed by atoms with E-state index in [1.54, 1.807) is 12.1 Å². The van der Waals surface area contributed by atoms with Gasteiger partial charge in [0.2, 0.25) is 0 Å². The highest BCUT2D eigenvalue weighted by atomic mass is 32.2. The van der Waals surface area contributed by atoms with Crippen molar-refractivity contribution in [1.82, 2.24) is 10.2 Å². The highest BCUT2D eigenvalue weighted by Crippen LogP contribution is 2.39. The molecule has 3 aromatic carbocycles. The maximum atomic E-state index is 10.7. The van der Waals surface area contributed by atoms with Crippen LogP contribution in [0.15, 0.2) is 88.5 Å². The number of hydrogen-bond acceptors (Lipinski definition) is 9. The lowest BCUT2D eigenvalue weighted by Gasteiger charge is -2.26. The zero-order valence-electron chi connectivity index (χ0n) is 33.0. The molecule has 316 valence electrons. The first kappa shape index (κ1) is 47.1. The molecular formula is C42H51F3N2O7S4. The van der Waals surface area contributed by atoms with Crippen LogP contribution < -0.4 is 10.1 Å². The van der Waals surface area contributed by atoms with E-state index >= 15 is 0 Å². The molecule has 2 aliphatic heterocycles. The van der Waals surface area contributed by atoms with Crippen LogP contribution in [-0.4, -0.2) is 75.7 Å². The van der Waals surface area contributed by atoms with Gasteiger partial charge in [-0.1, -0.05) is 68.3 Å². The summed E-state index contributed by atoms with van der Waals surface area (Å²) < 4.78 is 95.7. The van der Waals surface area contributed by atoms with E-state index in [0.717, 1.165) is 56.8 Å². The summed E-state index contributed by atoms with van der Waals surface area (Å²) in [5.41, 5.74) is 2.79. The minimum Gasteiger partial charge on any atom is -0.493 e. The molecule has 0 saturated heterocycles. The highest BCUT2D eigenvalue weighted by Gasteiger charge is 2.44. The number of hydrogen-bond donors (Lipinski definition) is 3. The van der Waals surface area contributed by atoms with E-state index in [4.69, 9.17) is 22.3 Å². The van der Waals surface area contributed by atoms with Gasteiger partial charge in [-0.15, -0.1) is 22.7 Å². The number of nitrogens with one attached hydrogen (secondary N) is 1. The molecule has 16 heteroatoms. The van der Waals surface area contributed by atoms with Gasteiger partial charge in [-0.3, -0.25) is 14.0 Å². The number of alkyl halides is 3. The Balaban J connectivity index is 0.000000184. The van der Waals surface area contributed by atoms with Gasteiger partial charge in [-0.2, -0.15) is 30.0 Å². The van der Waals surface area contributed by atoms with Gasteiger partial charge in [0.05, 0.1) is 11.5 Å². The summed E-state index contributed by atoms with van der Waals surface area (Å²) in [5, 5.41) is 10.8. The first-order chi connectivity index (χ1) is 27.5. The topological polar surface area (TPSA) is 133 Å². The maximum Gasteiger partial charge on any atom is 0.522 e. The third kappa shape index (κ3) is 13.2. The summed E-state index contributed by atoms with van der Waals surface area (Å²) in [6, 6.07) is 19.1. The van der Waals surface area contributed by atoms with E-state index in [2.05, 4.69) is 90.3 Å². The minimum atomic E-state index is -5.84. The van der Waals surface area contributed by atoms with Gasteiger partial charge >= 0.3 is 15.6 Å². The van der Waals surface area contributed by atoms with Crippen molar-refractivity contribution in [3.05, 3.63) is 106 Å². The van der Waals surface area contributed by atoms with Crippen LogP contribution >= 0.6 is 22.7 Å². The number of benzene rings is 3. The Kier molecular flexibility index (Phi) is 17.5. The molecule has 0 radical (unpaired) electrons. The number of unbranched alkanes of at least 4 members (excludes halogenated alkanes) is 1. The van der Waals surface area contributed by atoms with Gasteiger partial charge in [0.25, 0.3) is 10.1 Å². The molecule has 4 heterocycles. The Hall–Kier alpha value is -3.61. The quantitative estimate of drug-likeness (QED) is 0.0977. The van der Waals surface area contributed by atoms with Crippen LogP contribution in [0.4, 0.5) is 13.2 Å². The third-order valence-corrected chi connectivity index (χ3v) is 12.8. The molecule has 0 amide bonds. The van der Waals surface area contributed by atoms with Crippen molar-refractivity contribution in [3.8, 4) is 5.75 Å². The Bertz CT molecular complexity index is 2390. The van der Waals surface area contributed by atoms with Gasteiger partial charge in [0.15, 0.2) is 0 Å². The summed E-state index contributed by atoms with van der Waals surface area (Å²) >= 11 is 3.70. The summed E-state index contributed by atoms with van der Waals surface area (Å²) in [6.07, 6.45) is 10.8. The van der Waals surface area contributed by atoms with Crippen molar-refractivity contribution in [2.45, 2.75) is 70.2 Å². The molecule has 0 spiro atoms. The van der Waals surface area contributed by atoms with E-state index < -0.39 is 25.7 Å². The van der Waals surface area contributed by atoms with Crippen LogP contribution in [0.1, 0.15) is 68.7 Å². The van der Waals surface area contributed by atoms with E-state index in [1.165, 1.54) is 86.1 Å². The minimum absolute atomic E-state index is 0.0666. The fraction of sp³-hybridized carbons (Fsp3) is 0.381. The fourth-order valence-electron chi connectivity index (χ4n) is 6.38. The van der Waals surface area contributed by atoms with Crippen LogP contribution in [0.25, 0.3) is 31.3 Å².